The van der Waals surface area contributed by atoms with Crippen LogP contribution in [0, 0.1) is 18.3 Å². The molecular formula is C18H14N2. The molecule has 0 atom stereocenters. The van der Waals surface area contributed by atoms with E-state index in [2.05, 4.69) is 37.3 Å². The number of fused-ring (bicyclic) bond motifs is 1. The van der Waals surface area contributed by atoms with Crippen molar-refractivity contribution in [2.24, 2.45) is 0 Å². The molecule has 3 rings (SSSR count). The first-order valence-electron chi connectivity index (χ1n) is 6.49. The van der Waals surface area contributed by atoms with Gasteiger partial charge in [0.2, 0.25) is 0 Å². The second-order valence-electron chi connectivity index (χ2n) is 4.91. The van der Waals surface area contributed by atoms with E-state index in [1.165, 1.54) is 5.56 Å². The molecule has 0 aliphatic carbocycles. The summed E-state index contributed by atoms with van der Waals surface area (Å²) < 4.78 is 0. The molecule has 0 fully saturated rings. The Morgan fingerprint density at radius 3 is 2.25 bits per heavy atom. The molecule has 0 spiro atoms. The van der Waals surface area contributed by atoms with E-state index in [0.717, 1.165) is 21.9 Å². The molecular weight excluding hydrogens is 244 g/mol. The quantitative estimate of drug-likeness (QED) is 0.663. The van der Waals surface area contributed by atoms with E-state index in [-0.39, 0.29) is 0 Å². The zero-order chi connectivity index (χ0) is 14.1. The molecule has 0 aromatic heterocycles. The van der Waals surface area contributed by atoms with E-state index >= 15 is 0 Å². The van der Waals surface area contributed by atoms with Gasteiger partial charge < -0.3 is 5.73 Å². The third-order valence-electron chi connectivity index (χ3n) is 3.57. The first-order valence-corrected chi connectivity index (χ1v) is 6.49. The van der Waals surface area contributed by atoms with Gasteiger partial charge in [0.1, 0.15) is 6.07 Å². The van der Waals surface area contributed by atoms with Crippen molar-refractivity contribution in [3.8, 4) is 17.2 Å². The highest BCUT2D eigenvalue weighted by atomic mass is 14.6. The van der Waals surface area contributed by atoms with E-state index in [4.69, 9.17) is 5.73 Å². The molecule has 2 heteroatoms. The van der Waals surface area contributed by atoms with Crippen LogP contribution in [0.15, 0.2) is 54.6 Å². The summed E-state index contributed by atoms with van der Waals surface area (Å²) in [7, 11) is 0. The number of aryl methyl sites for hydroxylation is 1. The topological polar surface area (TPSA) is 49.8 Å². The number of benzene rings is 3. The van der Waals surface area contributed by atoms with Gasteiger partial charge in [-0.3, -0.25) is 0 Å². The van der Waals surface area contributed by atoms with Crippen LogP contribution in [-0.4, -0.2) is 0 Å². The summed E-state index contributed by atoms with van der Waals surface area (Å²) in [6.07, 6.45) is 0. The van der Waals surface area contributed by atoms with Crippen LogP contribution in [0.1, 0.15) is 11.1 Å². The molecule has 0 radical (unpaired) electrons. The smallest absolute Gasteiger partial charge is 0.101 e. The van der Waals surface area contributed by atoms with Crippen LogP contribution < -0.4 is 5.73 Å². The molecule has 0 aliphatic heterocycles. The second-order valence-corrected chi connectivity index (χ2v) is 4.91. The van der Waals surface area contributed by atoms with Crippen LogP contribution in [-0.2, 0) is 0 Å². The highest BCUT2D eigenvalue weighted by Gasteiger charge is 2.10. The molecule has 96 valence electrons. The van der Waals surface area contributed by atoms with Crippen molar-refractivity contribution < 1.29 is 0 Å². The van der Waals surface area contributed by atoms with Gasteiger partial charge in [0, 0.05) is 5.39 Å². The third kappa shape index (κ3) is 1.90. The molecule has 0 heterocycles. The van der Waals surface area contributed by atoms with Crippen LogP contribution >= 0.6 is 0 Å². The maximum Gasteiger partial charge on any atom is 0.101 e. The highest BCUT2D eigenvalue weighted by Crippen LogP contribution is 2.34. The molecule has 3 aromatic rings. The van der Waals surface area contributed by atoms with Gasteiger partial charge in [0.25, 0.3) is 0 Å². The molecule has 0 bridgehead atoms. The van der Waals surface area contributed by atoms with Crippen LogP contribution in [0.2, 0.25) is 0 Å². The number of rotatable bonds is 1. The Labute approximate surface area is 118 Å². The standard InChI is InChI=1S/C18H14N2/c1-12-6-8-13(9-7-12)17-10-14(11-19)18(20)16-5-3-2-4-15(16)17/h2-10H,20H2,1H3. The molecule has 2 nitrogen and oxygen atoms in total. The highest BCUT2D eigenvalue weighted by molar-refractivity contribution is 6.04. The van der Waals surface area contributed by atoms with E-state index in [0.29, 0.717) is 11.3 Å². The fourth-order valence-electron chi connectivity index (χ4n) is 2.46. The summed E-state index contributed by atoms with van der Waals surface area (Å²) in [6.45, 7) is 2.06. The number of hydrogen-bond donors (Lipinski definition) is 1. The lowest BCUT2D eigenvalue weighted by atomic mass is 9.94. The Morgan fingerprint density at radius 1 is 0.950 bits per heavy atom. The van der Waals surface area contributed by atoms with Gasteiger partial charge in [-0.15, -0.1) is 0 Å². The lowest BCUT2D eigenvalue weighted by Gasteiger charge is -2.11. The van der Waals surface area contributed by atoms with Crippen LogP contribution in [0.25, 0.3) is 21.9 Å². The Kier molecular flexibility index (Phi) is 2.89. The maximum atomic E-state index is 9.26. The van der Waals surface area contributed by atoms with Crippen LogP contribution in [0.4, 0.5) is 5.69 Å². The normalized spacial score (nSPS) is 10.4. The van der Waals surface area contributed by atoms with Gasteiger partial charge in [0.05, 0.1) is 11.3 Å². The lowest BCUT2D eigenvalue weighted by Crippen LogP contribution is -1.94. The third-order valence-corrected chi connectivity index (χ3v) is 3.57. The fraction of sp³-hybridized carbons (Fsp3) is 0.0556. The molecule has 20 heavy (non-hydrogen) atoms. The number of nitrogens with two attached hydrogens (primary N) is 1. The minimum atomic E-state index is 0.527. The SMILES string of the molecule is Cc1ccc(-c2cc(C#N)c(N)c3ccccc23)cc1. The summed E-state index contributed by atoms with van der Waals surface area (Å²) in [4.78, 5) is 0. The predicted molar refractivity (Wildman–Crippen MR) is 83.2 cm³/mol. The van der Waals surface area contributed by atoms with Crippen molar-refractivity contribution in [3.05, 3.63) is 65.7 Å². The summed E-state index contributed by atoms with van der Waals surface area (Å²) >= 11 is 0. The van der Waals surface area contributed by atoms with E-state index < -0.39 is 0 Å². The number of hydrogen-bond acceptors (Lipinski definition) is 2. The van der Waals surface area contributed by atoms with E-state index in [1.54, 1.807) is 0 Å². The minimum absolute atomic E-state index is 0.527. The Hall–Kier alpha value is -2.79. The van der Waals surface area contributed by atoms with Crippen molar-refractivity contribution >= 4 is 16.5 Å². The molecule has 2 N–H and O–H groups in total. The van der Waals surface area contributed by atoms with Crippen molar-refractivity contribution in [2.45, 2.75) is 6.92 Å². The predicted octanol–water partition coefficient (Wildman–Crippen LogP) is 4.27. The van der Waals surface area contributed by atoms with E-state index in [9.17, 15) is 5.26 Å². The van der Waals surface area contributed by atoms with Gasteiger partial charge in [0.15, 0.2) is 0 Å². The van der Waals surface area contributed by atoms with Crippen molar-refractivity contribution in [3.63, 3.8) is 0 Å². The average molecular weight is 258 g/mol. The van der Waals surface area contributed by atoms with E-state index in [1.807, 2.05) is 30.3 Å². The molecule has 0 saturated carbocycles. The largest absolute Gasteiger partial charge is 0.397 e. The fourth-order valence-corrected chi connectivity index (χ4v) is 2.46. The minimum Gasteiger partial charge on any atom is -0.397 e. The van der Waals surface area contributed by atoms with Crippen LogP contribution in [0.5, 0.6) is 0 Å². The zero-order valence-corrected chi connectivity index (χ0v) is 11.2. The average Bonchev–Trinajstić information content (AvgIpc) is 2.49. The van der Waals surface area contributed by atoms with Gasteiger partial charge in [-0.05, 0) is 29.5 Å². The molecule has 0 amide bonds. The molecule has 0 unspecified atom stereocenters. The summed E-state index contributed by atoms with van der Waals surface area (Å²) in [6, 6.07) is 20.3. The first-order chi connectivity index (χ1) is 9.70. The van der Waals surface area contributed by atoms with Crippen molar-refractivity contribution in [1.29, 1.82) is 5.26 Å². The molecule has 0 saturated heterocycles. The number of nitriles is 1. The van der Waals surface area contributed by atoms with Crippen molar-refractivity contribution in [1.82, 2.24) is 0 Å². The summed E-state index contributed by atoms with van der Waals surface area (Å²) in [5.41, 5.74) is 10.5. The number of nitrogen functional groups attached to an aromatic ring is 1. The number of anilines is 1. The van der Waals surface area contributed by atoms with Gasteiger partial charge in [-0.1, -0.05) is 54.1 Å². The Balaban J connectivity index is 2.38. The lowest BCUT2D eigenvalue weighted by molar-refractivity contribution is 1.46. The Morgan fingerprint density at radius 2 is 1.60 bits per heavy atom. The monoisotopic (exact) mass is 258 g/mol. The van der Waals surface area contributed by atoms with Crippen molar-refractivity contribution in [2.75, 3.05) is 5.73 Å². The molecule has 0 aliphatic rings. The first kappa shape index (κ1) is 12.3. The summed E-state index contributed by atoms with van der Waals surface area (Å²) in [5.74, 6) is 0. The van der Waals surface area contributed by atoms with Gasteiger partial charge in [-0.25, -0.2) is 0 Å². The maximum absolute atomic E-state index is 9.26. The number of nitrogens with zero attached hydrogens (tertiary/aromatic N) is 1. The van der Waals surface area contributed by atoms with Gasteiger partial charge in [-0.2, -0.15) is 5.26 Å². The zero-order valence-electron chi connectivity index (χ0n) is 11.2. The van der Waals surface area contributed by atoms with Gasteiger partial charge >= 0.3 is 0 Å². The summed E-state index contributed by atoms with van der Waals surface area (Å²) in [5, 5.41) is 11.3. The Bertz CT molecular complexity index is 824. The second kappa shape index (κ2) is 4.71. The molecule has 3 aromatic carbocycles. The van der Waals surface area contributed by atoms with Crippen LogP contribution in [0.3, 0.4) is 0 Å².